The molecule has 0 heterocycles. The van der Waals surface area contributed by atoms with Gasteiger partial charge in [0.05, 0.1) is 5.02 Å². The van der Waals surface area contributed by atoms with Crippen LogP contribution < -0.4 is 5.32 Å². The van der Waals surface area contributed by atoms with Crippen LogP contribution in [0.5, 0.6) is 0 Å². The Morgan fingerprint density at radius 1 is 1.44 bits per heavy atom. The van der Waals surface area contributed by atoms with Crippen molar-refractivity contribution in [3.05, 3.63) is 33.3 Å². The van der Waals surface area contributed by atoms with Gasteiger partial charge in [0.1, 0.15) is 0 Å². The molecular weight excluding hydrogens is 286 g/mol. The zero-order chi connectivity index (χ0) is 12.1. The number of rotatable bonds is 5. The van der Waals surface area contributed by atoms with Gasteiger partial charge in [-0.25, -0.2) is 0 Å². The van der Waals surface area contributed by atoms with Crippen LogP contribution in [0.4, 0.5) is 0 Å². The van der Waals surface area contributed by atoms with E-state index in [-0.39, 0.29) is 0 Å². The molecular formula is C13H19BrClN. The normalized spacial score (nSPS) is 14.8. The highest BCUT2D eigenvalue weighted by atomic mass is 79.9. The Balaban J connectivity index is 2.90. The lowest BCUT2D eigenvalue weighted by molar-refractivity contribution is 0.422. The summed E-state index contributed by atoms with van der Waals surface area (Å²) in [4.78, 5) is 0. The van der Waals surface area contributed by atoms with Crippen molar-refractivity contribution >= 4 is 27.5 Å². The molecule has 2 atom stereocenters. The quantitative estimate of drug-likeness (QED) is 0.824. The summed E-state index contributed by atoms with van der Waals surface area (Å²) in [5, 5.41) is 4.17. The molecule has 0 amide bonds. The maximum atomic E-state index is 6.31. The summed E-state index contributed by atoms with van der Waals surface area (Å²) in [5.41, 5.74) is 1.18. The minimum Gasteiger partial charge on any atom is -0.313 e. The van der Waals surface area contributed by atoms with E-state index in [9.17, 15) is 0 Å². The molecule has 0 aromatic heterocycles. The number of hydrogen-bond donors (Lipinski definition) is 1. The zero-order valence-electron chi connectivity index (χ0n) is 10.1. The van der Waals surface area contributed by atoms with E-state index in [0.29, 0.717) is 12.0 Å². The monoisotopic (exact) mass is 303 g/mol. The Morgan fingerprint density at radius 3 is 2.69 bits per heavy atom. The molecule has 0 bridgehead atoms. The molecule has 0 spiro atoms. The van der Waals surface area contributed by atoms with Crippen molar-refractivity contribution in [1.82, 2.24) is 5.32 Å². The molecule has 0 radical (unpaired) electrons. The summed E-state index contributed by atoms with van der Waals surface area (Å²) in [6.45, 7) is 4.50. The average molecular weight is 305 g/mol. The van der Waals surface area contributed by atoms with Crippen molar-refractivity contribution in [2.24, 2.45) is 5.92 Å². The molecule has 2 unspecified atom stereocenters. The van der Waals surface area contributed by atoms with Crippen molar-refractivity contribution < 1.29 is 0 Å². The van der Waals surface area contributed by atoms with Gasteiger partial charge in [-0.1, -0.05) is 44.0 Å². The summed E-state index contributed by atoms with van der Waals surface area (Å²) >= 11 is 9.77. The van der Waals surface area contributed by atoms with E-state index in [2.05, 4.69) is 41.2 Å². The van der Waals surface area contributed by atoms with Crippen molar-refractivity contribution in [3.8, 4) is 0 Å². The van der Waals surface area contributed by atoms with Crippen LogP contribution in [-0.4, -0.2) is 7.05 Å². The van der Waals surface area contributed by atoms with Gasteiger partial charge in [0.15, 0.2) is 0 Å². The first-order chi connectivity index (χ1) is 7.60. The first-order valence-electron chi connectivity index (χ1n) is 5.71. The molecule has 0 aliphatic rings. The molecule has 0 fully saturated rings. The highest BCUT2D eigenvalue weighted by Gasteiger charge is 2.16. The lowest BCUT2D eigenvalue weighted by Gasteiger charge is -2.21. The van der Waals surface area contributed by atoms with Gasteiger partial charge in [-0.2, -0.15) is 0 Å². The average Bonchev–Trinajstić information content (AvgIpc) is 2.29. The molecule has 0 aliphatic heterocycles. The Bertz CT molecular complexity index is 341. The number of hydrogen-bond acceptors (Lipinski definition) is 1. The third-order valence-electron chi connectivity index (χ3n) is 3.04. The number of benzene rings is 1. The first kappa shape index (κ1) is 14.0. The zero-order valence-corrected chi connectivity index (χ0v) is 12.4. The summed E-state index contributed by atoms with van der Waals surface area (Å²) in [6, 6.07) is 6.44. The molecule has 0 aliphatic carbocycles. The second-order valence-corrected chi connectivity index (χ2v) is 5.47. The minimum absolute atomic E-state index is 0.333. The van der Waals surface area contributed by atoms with Crippen LogP contribution in [-0.2, 0) is 0 Å². The fraction of sp³-hybridized carbons (Fsp3) is 0.538. The van der Waals surface area contributed by atoms with E-state index in [4.69, 9.17) is 11.6 Å². The topological polar surface area (TPSA) is 12.0 Å². The van der Waals surface area contributed by atoms with Crippen molar-refractivity contribution in [1.29, 1.82) is 0 Å². The van der Waals surface area contributed by atoms with Gasteiger partial charge in [-0.3, -0.25) is 0 Å². The third kappa shape index (κ3) is 3.47. The lowest BCUT2D eigenvalue weighted by atomic mass is 9.94. The molecule has 3 heteroatoms. The Morgan fingerprint density at radius 2 is 2.12 bits per heavy atom. The van der Waals surface area contributed by atoms with Crippen LogP contribution in [0, 0.1) is 5.92 Å². The second kappa shape index (κ2) is 6.63. The highest BCUT2D eigenvalue weighted by molar-refractivity contribution is 9.10. The Labute approximate surface area is 112 Å². The summed E-state index contributed by atoms with van der Waals surface area (Å²) in [7, 11) is 1.99. The van der Waals surface area contributed by atoms with Gasteiger partial charge < -0.3 is 5.32 Å². The van der Waals surface area contributed by atoms with E-state index >= 15 is 0 Å². The largest absolute Gasteiger partial charge is 0.313 e. The van der Waals surface area contributed by atoms with Gasteiger partial charge in [0, 0.05) is 10.5 Å². The summed E-state index contributed by atoms with van der Waals surface area (Å²) in [5.74, 6) is 0.701. The maximum absolute atomic E-state index is 6.31. The molecule has 0 saturated carbocycles. The van der Waals surface area contributed by atoms with Crippen LogP contribution in [0.1, 0.15) is 38.3 Å². The third-order valence-corrected chi connectivity index (χ3v) is 4.35. The SMILES string of the molecule is CCC(C)CC(NC)c1cccc(Br)c1Cl. The van der Waals surface area contributed by atoms with Crippen molar-refractivity contribution in [2.75, 3.05) is 7.05 Å². The van der Waals surface area contributed by atoms with Gasteiger partial charge in [-0.15, -0.1) is 0 Å². The van der Waals surface area contributed by atoms with E-state index in [1.54, 1.807) is 0 Å². The smallest absolute Gasteiger partial charge is 0.0595 e. The van der Waals surface area contributed by atoms with Crippen LogP contribution >= 0.6 is 27.5 Å². The molecule has 1 N–H and O–H groups in total. The van der Waals surface area contributed by atoms with E-state index in [0.717, 1.165) is 15.9 Å². The van der Waals surface area contributed by atoms with Crippen LogP contribution in [0.15, 0.2) is 22.7 Å². The Kier molecular flexibility index (Phi) is 5.81. The minimum atomic E-state index is 0.333. The second-order valence-electron chi connectivity index (χ2n) is 4.23. The molecule has 90 valence electrons. The van der Waals surface area contributed by atoms with Gasteiger partial charge in [0.2, 0.25) is 0 Å². The van der Waals surface area contributed by atoms with Crippen LogP contribution in [0.2, 0.25) is 5.02 Å². The van der Waals surface area contributed by atoms with Gasteiger partial charge >= 0.3 is 0 Å². The highest BCUT2D eigenvalue weighted by Crippen LogP contribution is 2.33. The van der Waals surface area contributed by atoms with Crippen molar-refractivity contribution in [3.63, 3.8) is 0 Å². The molecule has 16 heavy (non-hydrogen) atoms. The molecule has 0 saturated heterocycles. The van der Waals surface area contributed by atoms with E-state index < -0.39 is 0 Å². The summed E-state index contributed by atoms with van der Waals surface area (Å²) in [6.07, 6.45) is 2.31. The van der Waals surface area contributed by atoms with Crippen LogP contribution in [0.3, 0.4) is 0 Å². The predicted octanol–water partition coefficient (Wildman–Crippen LogP) is 4.80. The number of halogens is 2. The van der Waals surface area contributed by atoms with E-state index in [1.807, 2.05) is 19.2 Å². The first-order valence-corrected chi connectivity index (χ1v) is 6.88. The fourth-order valence-electron chi connectivity index (χ4n) is 1.76. The van der Waals surface area contributed by atoms with E-state index in [1.165, 1.54) is 12.0 Å². The predicted molar refractivity (Wildman–Crippen MR) is 75.0 cm³/mol. The van der Waals surface area contributed by atoms with Gasteiger partial charge in [0.25, 0.3) is 0 Å². The molecule has 1 aromatic rings. The fourth-order valence-corrected chi connectivity index (χ4v) is 2.40. The summed E-state index contributed by atoms with van der Waals surface area (Å²) < 4.78 is 0.969. The lowest BCUT2D eigenvalue weighted by Crippen LogP contribution is -2.19. The molecule has 1 rings (SSSR count). The van der Waals surface area contributed by atoms with Crippen molar-refractivity contribution in [2.45, 2.75) is 32.7 Å². The van der Waals surface area contributed by atoms with Crippen LogP contribution in [0.25, 0.3) is 0 Å². The Hall–Kier alpha value is -0.0500. The van der Waals surface area contributed by atoms with Gasteiger partial charge in [-0.05, 0) is 46.9 Å². The molecule has 1 nitrogen and oxygen atoms in total. The molecule has 1 aromatic carbocycles. The standard InChI is InChI=1S/C13H19BrClN/c1-4-9(2)8-12(16-3)10-6-5-7-11(14)13(10)15/h5-7,9,12,16H,4,8H2,1-3H3. The maximum Gasteiger partial charge on any atom is 0.0595 e. The number of nitrogens with one attached hydrogen (secondary N) is 1.